The van der Waals surface area contributed by atoms with Gasteiger partial charge in [-0.2, -0.15) is 5.10 Å². The number of para-hydroxylation sites is 1. The fraction of sp³-hybridized carbons (Fsp3) is 0.100. The Hall–Kier alpha value is -1.95. The summed E-state index contributed by atoms with van der Waals surface area (Å²) in [4.78, 5) is 11.5. The number of benzene rings is 1. The molecule has 2 rings (SSSR count). The third-order valence-corrected chi connectivity index (χ3v) is 2.35. The molecule has 0 fully saturated rings. The monoisotopic (exact) mass is 235 g/mol. The molecule has 16 heavy (non-hydrogen) atoms. The van der Waals surface area contributed by atoms with E-state index in [9.17, 15) is 4.79 Å². The Bertz CT molecular complexity index is 576. The van der Waals surface area contributed by atoms with E-state index in [1.165, 1.54) is 11.8 Å². The number of rotatable bonds is 1. The van der Waals surface area contributed by atoms with Crippen LogP contribution in [0.25, 0.3) is 10.9 Å². The first-order chi connectivity index (χ1) is 7.65. The normalized spacial score (nSPS) is 10.3. The van der Waals surface area contributed by atoms with Crippen LogP contribution < -0.4 is 5.73 Å². The first-order valence-corrected chi connectivity index (χ1v) is 4.92. The van der Waals surface area contributed by atoms with Gasteiger partial charge in [-0.1, -0.05) is 18.2 Å². The molecule has 1 aromatic carbocycles. The number of esters is 1. The highest BCUT2D eigenvalue weighted by Gasteiger charge is 2.17. The predicted octanol–water partition coefficient (Wildman–Crippen LogP) is 0.915. The van der Waals surface area contributed by atoms with Crippen molar-refractivity contribution in [1.82, 2.24) is 9.78 Å². The first kappa shape index (κ1) is 10.6. The maximum atomic E-state index is 11.5. The lowest BCUT2D eigenvalue weighted by molar-refractivity contribution is 0.0596. The van der Waals surface area contributed by atoms with E-state index in [2.05, 4.69) is 9.84 Å². The van der Waals surface area contributed by atoms with E-state index in [0.29, 0.717) is 10.9 Å². The number of ether oxygens (including phenoxy) is 1. The Balaban J connectivity index is 2.76. The van der Waals surface area contributed by atoms with Crippen LogP contribution >= 0.6 is 12.2 Å². The van der Waals surface area contributed by atoms with E-state index < -0.39 is 5.97 Å². The van der Waals surface area contributed by atoms with Gasteiger partial charge < -0.3 is 10.5 Å². The van der Waals surface area contributed by atoms with Gasteiger partial charge in [-0.3, -0.25) is 0 Å². The topological polar surface area (TPSA) is 70.1 Å². The van der Waals surface area contributed by atoms with E-state index >= 15 is 0 Å². The van der Waals surface area contributed by atoms with E-state index in [0.717, 1.165) is 0 Å². The van der Waals surface area contributed by atoms with Crippen molar-refractivity contribution in [2.45, 2.75) is 0 Å². The summed E-state index contributed by atoms with van der Waals surface area (Å²) in [7, 11) is 1.30. The molecule has 1 aromatic heterocycles. The molecule has 0 aliphatic carbocycles. The zero-order chi connectivity index (χ0) is 11.7. The minimum atomic E-state index is -0.508. The smallest absolute Gasteiger partial charge is 0.359 e. The minimum absolute atomic E-state index is 0.0892. The lowest BCUT2D eigenvalue weighted by Gasteiger charge is -1.97. The van der Waals surface area contributed by atoms with Crippen LogP contribution in [0.15, 0.2) is 24.3 Å². The summed E-state index contributed by atoms with van der Waals surface area (Å²) in [6.07, 6.45) is 0. The molecule has 2 aromatic rings. The quantitative estimate of drug-likeness (QED) is 0.587. The molecule has 0 saturated carbocycles. The lowest BCUT2D eigenvalue weighted by Crippen LogP contribution is -2.20. The van der Waals surface area contributed by atoms with Crippen molar-refractivity contribution >= 4 is 34.2 Å². The minimum Gasteiger partial charge on any atom is -0.464 e. The van der Waals surface area contributed by atoms with Gasteiger partial charge in [-0.15, -0.1) is 0 Å². The predicted molar refractivity (Wildman–Crippen MR) is 63.3 cm³/mol. The highest BCUT2D eigenvalue weighted by molar-refractivity contribution is 7.80. The molecule has 1 heterocycles. The van der Waals surface area contributed by atoms with Crippen molar-refractivity contribution in [2.24, 2.45) is 5.73 Å². The van der Waals surface area contributed by atoms with Gasteiger partial charge >= 0.3 is 5.97 Å². The summed E-state index contributed by atoms with van der Waals surface area (Å²) in [5.74, 6) is -0.508. The average molecular weight is 235 g/mol. The maximum Gasteiger partial charge on any atom is 0.359 e. The van der Waals surface area contributed by atoms with Gasteiger partial charge in [0.25, 0.3) is 0 Å². The van der Waals surface area contributed by atoms with Crippen molar-refractivity contribution in [2.75, 3.05) is 7.11 Å². The van der Waals surface area contributed by atoms with Crippen molar-refractivity contribution < 1.29 is 9.53 Å². The molecule has 0 bridgehead atoms. The SMILES string of the molecule is COC(=O)c1nn(C(N)=S)c2ccccc12. The highest BCUT2D eigenvalue weighted by Crippen LogP contribution is 2.18. The number of fused-ring (bicyclic) bond motifs is 1. The zero-order valence-electron chi connectivity index (χ0n) is 8.51. The van der Waals surface area contributed by atoms with Crippen LogP contribution in [0, 0.1) is 0 Å². The van der Waals surface area contributed by atoms with Crippen LogP contribution in [0.2, 0.25) is 0 Å². The van der Waals surface area contributed by atoms with E-state index in [1.807, 2.05) is 6.07 Å². The van der Waals surface area contributed by atoms with Crippen LogP contribution in [0.4, 0.5) is 0 Å². The molecule has 0 aliphatic heterocycles. The molecule has 0 saturated heterocycles. The fourth-order valence-electron chi connectivity index (χ4n) is 1.48. The first-order valence-electron chi connectivity index (χ1n) is 4.51. The largest absolute Gasteiger partial charge is 0.464 e. The molecular formula is C10H9N3O2S. The third-order valence-electron chi connectivity index (χ3n) is 2.17. The number of hydrogen-bond acceptors (Lipinski definition) is 4. The van der Waals surface area contributed by atoms with E-state index in [1.54, 1.807) is 18.2 Å². The van der Waals surface area contributed by atoms with Crippen LogP contribution in [-0.4, -0.2) is 28.0 Å². The number of hydrogen-bond donors (Lipinski definition) is 1. The summed E-state index contributed by atoms with van der Waals surface area (Å²) in [6.45, 7) is 0. The van der Waals surface area contributed by atoms with Gasteiger partial charge in [0.1, 0.15) is 0 Å². The average Bonchev–Trinajstić information content (AvgIpc) is 2.67. The van der Waals surface area contributed by atoms with Gasteiger partial charge in [-0.05, 0) is 18.3 Å². The molecule has 0 radical (unpaired) electrons. The van der Waals surface area contributed by atoms with Crippen molar-refractivity contribution in [3.63, 3.8) is 0 Å². The number of thiocarbonyl (C=S) groups is 1. The molecule has 0 unspecified atom stereocenters. The molecule has 82 valence electrons. The summed E-state index contributed by atoms with van der Waals surface area (Å²) in [6, 6.07) is 7.18. The van der Waals surface area contributed by atoms with Crippen molar-refractivity contribution in [3.05, 3.63) is 30.0 Å². The Morgan fingerprint density at radius 2 is 2.19 bits per heavy atom. The zero-order valence-corrected chi connectivity index (χ0v) is 9.32. The lowest BCUT2D eigenvalue weighted by atomic mass is 10.2. The van der Waals surface area contributed by atoms with Crippen molar-refractivity contribution in [3.8, 4) is 0 Å². The Labute approximate surface area is 96.8 Å². The van der Waals surface area contributed by atoms with E-state index in [4.69, 9.17) is 18.0 Å². The van der Waals surface area contributed by atoms with Crippen LogP contribution in [0.5, 0.6) is 0 Å². The molecule has 0 atom stereocenters. The summed E-state index contributed by atoms with van der Waals surface area (Å²) in [5.41, 5.74) is 6.42. The molecule has 2 N–H and O–H groups in total. The number of carbonyl (C=O) groups is 1. The Kier molecular flexibility index (Phi) is 2.57. The van der Waals surface area contributed by atoms with Gasteiger partial charge in [0, 0.05) is 5.39 Å². The number of carbonyl (C=O) groups excluding carboxylic acids is 1. The number of aromatic nitrogens is 2. The van der Waals surface area contributed by atoms with Gasteiger partial charge in [-0.25, -0.2) is 9.48 Å². The van der Waals surface area contributed by atoms with Gasteiger partial charge in [0.05, 0.1) is 12.6 Å². The second-order valence-corrected chi connectivity index (χ2v) is 3.53. The number of methoxy groups -OCH3 is 1. The Morgan fingerprint density at radius 3 is 2.81 bits per heavy atom. The van der Waals surface area contributed by atoms with Gasteiger partial charge in [0.15, 0.2) is 10.8 Å². The Morgan fingerprint density at radius 1 is 1.50 bits per heavy atom. The standard InChI is InChI=1S/C10H9N3O2S/c1-15-9(14)8-6-4-2-3-5-7(6)13(12-8)10(11)16/h2-5H,1H3,(H2,11,16). The third kappa shape index (κ3) is 1.53. The van der Waals surface area contributed by atoms with Crippen LogP contribution in [0.1, 0.15) is 10.5 Å². The molecule has 0 amide bonds. The fourth-order valence-corrected chi connectivity index (χ4v) is 1.62. The second-order valence-electron chi connectivity index (χ2n) is 3.11. The molecule has 5 nitrogen and oxygen atoms in total. The van der Waals surface area contributed by atoms with E-state index in [-0.39, 0.29) is 10.8 Å². The number of nitrogens with zero attached hydrogens (tertiary/aromatic N) is 2. The van der Waals surface area contributed by atoms with Gasteiger partial charge in [0.2, 0.25) is 0 Å². The molecule has 6 heteroatoms. The van der Waals surface area contributed by atoms with Crippen LogP contribution in [-0.2, 0) is 4.74 Å². The molecular weight excluding hydrogens is 226 g/mol. The van der Waals surface area contributed by atoms with Crippen molar-refractivity contribution in [1.29, 1.82) is 0 Å². The highest BCUT2D eigenvalue weighted by atomic mass is 32.1. The summed E-state index contributed by atoms with van der Waals surface area (Å²) >= 11 is 4.85. The summed E-state index contributed by atoms with van der Waals surface area (Å²) in [5, 5.41) is 4.79. The molecule has 0 spiro atoms. The molecule has 0 aliphatic rings. The summed E-state index contributed by atoms with van der Waals surface area (Å²) < 4.78 is 5.98. The number of nitrogens with two attached hydrogens (primary N) is 1. The van der Waals surface area contributed by atoms with Crippen LogP contribution in [0.3, 0.4) is 0 Å². The second kappa shape index (κ2) is 3.90. The maximum absolute atomic E-state index is 11.5.